The molecule has 1 aliphatic rings. The lowest BCUT2D eigenvalue weighted by atomic mass is 9.86. The summed E-state index contributed by atoms with van der Waals surface area (Å²) in [6.45, 7) is 2.23. The maximum atomic E-state index is 13.1. The van der Waals surface area contributed by atoms with Crippen LogP contribution in [-0.4, -0.2) is 16.9 Å². The van der Waals surface area contributed by atoms with Crippen molar-refractivity contribution in [3.63, 3.8) is 0 Å². The fourth-order valence-electron chi connectivity index (χ4n) is 3.72. The molecule has 3 aromatic rings. The van der Waals surface area contributed by atoms with Crippen LogP contribution in [-0.2, 0) is 0 Å². The fraction of sp³-hybridized carbons (Fsp3) is 0.333. The molecule has 1 aliphatic carbocycles. The van der Waals surface area contributed by atoms with E-state index in [-0.39, 0.29) is 11.9 Å². The Morgan fingerprint density at radius 2 is 2.00 bits per heavy atom. The number of para-hydroxylation sites is 1. The van der Waals surface area contributed by atoms with Crippen LogP contribution in [0.15, 0.2) is 42.5 Å². The number of pyridine rings is 1. The molecule has 5 heteroatoms. The van der Waals surface area contributed by atoms with E-state index in [0.717, 1.165) is 32.2 Å². The Bertz CT molecular complexity index is 952. The van der Waals surface area contributed by atoms with Crippen molar-refractivity contribution in [2.24, 2.45) is 5.92 Å². The van der Waals surface area contributed by atoms with Gasteiger partial charge in [0, 0.05) is 11.4 Å². The van der Waals surface area contributed by atoms with Crippen molar-refractivity contribution in [1.82, 2.24) is 10.3 Å². The largest absolute Gasteiger partial charge is 0.349 e. The smallest absolute Gasteiger partial charge is 0.252 e. The lowest BCUT2D eigenvalue weighted by Gasteiger charge is -2.29. The first kappa shape index (κ1) is 17.5. The summed E-state index contributed by atoms with van der Waals surface area (Å²) < 4.78 is 0.719. The number of carbonyl (C=O) groups excluding carboxylic acids is 1. The van der Waals surface area contributed by atoms with E-state index in [1.165, 1.54) is 30.6 Å². The second-order valence-electron chi connectivity index (χ2n) is 7.02. The summed E-state index contributed by atoms with van der Waals surface area (Å²) in [5, 5.41) is 4.16. The molecule has 0 unspecified atom stereocenters. The zero-order valence-corrected chi connectivity index (χ0v) is 16.2. The Hall–Kier alpha value is -1.91. The van der Waals surface area contributed by atoms with Gasteiger partial charge < -0.3 is 5.32 Å². The topological polar surface area (TPSA) is 42.0 Å². The lowest BCUT2D eigenvalue weighted by Crippen LogP contribution is -2.41. The van der Waals surface area contributed by atoms with Crippen LogP contribution in [0.25, 0.3) is 21.5 Å². The van der Waals surface area contributed by atoms with E-state index in [0.29, 0.717) is 11.5 Å². The molecule has 1 aromatic carbocycles. The number of thiophene rings is 1. The van der Waals surface area contributed by atoms with Gasteiger partial charge in [0.25, 0.3) is 5.91 Å². The number of halogens is 1. The highest BCUT2D eigenvalue weighted by molar-refractivity contribution is 7.19. The normalized spacial score (nSPS) is 20.2. The van der Waals surface area contributed by atoms with Crippen LogP contribution in [0.5, 0.6) is 0 Å². The van der Waals surface area contributed by atoms with Gasteiger partial charge in [-0.25, -0.2) is 4.98 Å². The van der Waals surface area contributed by atoms with E-state index in [4.69, 9.17) is 16.6 Å². The number of aromatic nitrogens is 1. The fourth-order valence-corrected chi connectivity index (χ4v) is 4.72. The Labute approximate surface area is 162 Å². The second kappa shape index (κ2) is 7.37. The molecule has 26 heavy (non-hydrogen) atoms. The summed E-state index contributed by atoms with van der Waals surface area (Å²) in [5.74, 6) is 0.516. The van der Waals surface area contributed by atoms with Crippen LogP contribution in [0.3, 0.4) is 0 Å². The van der Waals surface area contributed by atoms with Crippen LogP contribution in [0.2, 0.25) is 4.34 Å². The predicted octanol–water partition coefficient (Wildman–Crippen LogP) is 5.93. The highest BCUT2D eigenvalue weighted by atomic mass is 35.5. The van der Waals surface area contributed by atoms with Gasteiger partial charge in [0.2, 0.25) is 0 Å². The Kier molecular flexibility index (Phi) is 4.96. The number of rotatable bonds is 3. The summed E-state index contributed by atoms with van der Waals surface area (Å²) in [6, 6.07) is 13.8. The van der Waals surface area contributed by atoms with E-state index in [1.807, 2.05) is 42.5 Å². The maximum absolute atomic E-state index is 13.1. The van der Waals surface area contributed by atoms with Crippen molar-refractivity contribution in [1.29, 1.82) is 0 Å². The molecule has 0 saturated heterocycles. The number of amides is 1. The number of fused-ring (bicyclic) bond motifs is 1. The van der Waals surface area contributed by atoms with Gasteiger partial charge in [0.1, 0.15) is 0 Å². The van der Waals surface area contributed by atoms with E-state index in [9.17, 15) is 4.79 Å². The zero-order valence-electron chi connectivity index (χ0n) is 14.7. The minimum absolute atomic E-state index is 0.00810. The first-order valence-corrected chi connectivity index (χ1v) is 10.3. The Balaban J connectivity index is 1.73. The molecule has 2 atom stereocenters. The van der Waals surface area contributed by atoms with Crippen LogP contribution in [0.4, 0.5) is 0 Å². The summed E-state index contributed by atoms with van der Waals surface area (Å²) in [7, 11) is 0. The molecular formula is C21H21ClN2OS. The minimum atomic E-state index is -0.00810. The van der Waals surface area contributed by atoms with Gasteiger partial charge in [-0.05, 0) is 43.0 Å². The molecule has 1 amide bonds. The molecule has 3 nitrogen and oxygen atoms in total. The number of benzene rings is 1. The second-order valence-corrected chi connectivity index (χ2v) is 8.73. The summed E-state index contributed by atoms with van der Waals surface area (Å²) >= 11 is 7.56. The van der Waals surface area contributed by atoms with Gasteiger partial charge in [-0.15, -0.1) is 11.3 Å². The highest BCUT2D eigenvalue weighted by Gasteiger charge is 2.24. The van der Waals surface area contributed by atoms with Crippen molar-refractivity contribution in [3.05, 3.63) is 52.4 Å². The Morgan fingerprint density at radius 1 is 1.19 bits per heavy atom. The first-order chi connectivity index (χ1) is 12.6. The summed E-state index contributed by atoms with van der Waals surface area (Å²) in [6.07, 6.45) is 4.69. The molecule has 0 bridgehead atoms. The van der Waals surface area contributed by atoms with Crippen molar-refractivity contribution in [2.45, 2.75) is 38.6 Å². The van der Waals surface area contributed by atoms with E-state index >= 15 is 0 Å². The maximum Gasteiger partial charge on any atom is 0.252 e. The molecule has 134 valence electrons. The molecule has 2 heterocycles. The van der Waals surface area contributed by atoms with Crippen molar-refractivity contribution < 1.29 is 4.79 Å². The molecule has 0 radical (unpaired) electrons. The standard InChI is InChI=1S/C21H21ClN2OS/c1-13-6-2-4-8-16(13)24-21(25)15-12-18(19-10-11-20(22)26-19)23-17-9-5-3-7-14(15)17/h3,5,7,9-13,16H,2,4,6,8H2,1H3,(H,24,25)/t13-,16+/m1/s1. The number of hydrogen-bond acceptors (Lipinski definition) is 3. The molecule has 1 N–H and O–H groups in total. The van der Waals surface area contributed by atoms with Gasteiger partial charge in [-0.1, -0.05) is 49.6 Å². The molecule has 2 aromatic heterocycles. The van der Waals surface area contributed by atoms with Gasteiger partial charge in [-0.2, -0.15) is 0 Å². The molecule has 4 rings (SSSR count). The van der Waals surface area contributed by atoms with Crippen LogP contribution in [0, 0.1) is 5.92 Å². The van der Waals surface area contributed by atoms with Crippen molar-refractivity contribution in [3.8, 4) is 10.6 Å². The quantitative estimate of drug-likeness (QED) is 0.608. The molecule has 0 spiro atoms. The lowest BCUT2D eigenvalue weighted by molar-refractivity contribution is 0.0912. The average molecular weight is 385 g/mol. The van der Waals surface area contributed by atoms with Gasteiger partial charge in [0.15, 0.2) is 0 Å². The van der Waals surface area contributed by atoms with E-state index in [2.05, 4.69) is 12.2 Å². The monoisotopic (exact) mass is 384 g/mol. The number of hydrogen-bond donors (Lipinski definition) is 1. The summed E-state index contributed by atoms with van der Waals surface area (Å²) in [5.41, 5.74) is 2.31. The van der Waals surface area contributed by atoms with Crippen molar-refractivity contribution >= 4 is 39.7 Å². The van der Waals surface area contributed by atoms with E-state index < -0.39 is 0 Å². The SMILES string of the molecule is C[C@@H]1CCCC[C@@H]1NC(=O)c1cc(-c2ccc(Cl)s2)nc2ccccc12. The number of nitrogens with one attached hydrogen (secondary N) is 1. The average Bonchev–Trinajstić information content (AvgIpc) is 3.09. The van der Waals surface area contributed by atoms with Crippen LogP contribution >= 0.6 is 22.9 Å². The van der Waals surface area contributed by atoms with E-state index in [1.54, 1.807) is 0 Å². The third-order valence-corrected chi connectivity index (χ3v) is 6.47. The van der Waals surface area contributed by atoms with Gasteiger partial charge in [-0.3, -0.25) is 4.79 Å². The van der Waals surface area contributed by atoms with Crippen molar-refractivity contribution in [2.75, 3.05) is 0 Å². The molecule has 1 fully saturated rings. The summed E-state index contributed by atoms with van der Waals surface area (Å²) in [4.78, 5) is 18.8. The van der Waals surface area contributed by atoms with Gasteiger partial charge in [0.05, 0.1) is 26.0 Å². The highest BCUT2D eigenvalue weighted by Crippen LogP contribution is 2.32. The predicted molar refractivity (Wildman–Crippen MR) is 109 cm³/mol. The van der Waals surface area contributed by atoms with Crippen LogP contribution < -0.4 is 5.32 Å². The molecule has 0 aliphatic heterocycles. The third-order valence-electron chi connectivity index (χ3n) is 5.21. The third kappa shape index (κ3) is 3.49. The zero-order chi connectivity index (χ0) is 18.1. The van der Waals surface area contributed by atoms with Gasteiger partial charge >= 0.3 is 0 Å². The number of nitrogens with zero attached hydrogens (tertiary/aromatic N) is 1. The first-order valence-electron chi connectivity index (χ1n) is 9.08. The van der Waals surface area contributed by atoms with Crippen LogP contribution in [0.1, 0.15) is 43.0 Å². The minimum Gasteiger partial charge on any atom is -0.349 e. The number of carbonyl (C=O) groups is 1. The molecule has 1 saturated carbocycles. The molecular weight excluding hydrogens is 364 g/mol. The Morgan fingerprint density at radius 3 is 2.77 bits per heavy atom.